The van der Waals surface area contributed by atoms with E-state index >= 15 is 0 Å². The standard InChI is InChI=1S/C24H28N2O4S/c1-17(20-6-5-7-22(15-20)30-3)25-16-18-8-13-24(26-31(4,27)28)23(14-18)19-9-11-21(29-2)12-10-19/h5-15,17,25-26H,16H2,1-4H3/t17-/m1/s1. The van der Waals surface area contributed by atoms with Gasteiger partial charge in [-0.05, 0) is 60.0 Å². The molecule has 0 saturated carbocycles. The van der Waals surface area contributed by atoms with E-state index in [-0.39, 0.29) is 6.04 Å². The van der Waals surface area contributed by atoms with Crippen LogP contribution in [0.4, 0.5) is 5.69 Å². The second-order valence-electron chi connectivity index (χ2n) is 7.36. The normalized spacial score (nSPS) is 12.3. The molecule has 31 heavy (non-hydrogen) atoms. The molecule has 3 aromatic carbocycles. The maximum absolute atomic E-state index is 11.8. The van der Waals surface area contributed by atoms with Gasteiger partial charge in [0.05, 0.1) is 26.2 Å². The summed E-state index contributed by atoms with van der Waals surface area (Å²) in [4.78, 5) is 0. The van der Waals surface area contributed by atoms with E-state index in [1.807, 2.05) is 54.6 Å². The Morgan fingerprint density at radius 3 is 2.26 bits per heavy atom. The van der Waals surface area contributed by atoms with Crippen LogP contribution in [0.3, 0.4) is 0 Å². The molecule has 0 spiro atoms. The molecule has 0 bridgehead atoms. The lowest BCUT2D eigenvalue weighted by atomic mass is 10.0. The molecular weight excluding hydrogens is 412 g/mol. The summed E-state index contributed by atoms with van der Waals surface area (Å²) < 4.78 is 36.8. The van der Waals surface area contributed by atoms with Crippen molar-refractivity contribution in [2.45, 2.75) is 19.5 Å². The van der Waals surface area contributed by atoms with E-state index < -0.39 is 10.0 Å². The fraction of sp³-hybridized carbons (Fsp3) is 0.250. The van der Waals surface area contributed by atoms with Crippen molar-refractivity contribution in [1.82, 2.24) is 5.32 Å². The molecular formula is C24H28N2O4S. The molecule has 0 unspecified atom stereocenters. The maximum atomic E-state index is 11.8. The molecule has 0 aliphatic heterocycles. The van der Waals surface area contributed by atoms with Crippen LogP contribution >= 0.6 is 0 Å². The minimum absolute atomic E-state index is 0.119. The van der Waals surface area contributed by atoms with Gasteiger partial charge in [-0.1, -0.05) is 30.3 Å². The second-order valence-corrected chi connectivity index (χ2v) is 9.11. The smallest absolute Gasteiger partial charge is 0.229 e. The fourth-order valence-corrected chi connectivity index (χ4v) is 3.88. The highest BCUT2D eigenvalue weighted by molar-refractivity contribution is 7.92. The monoisotopic (exact) mass is 440 g/mol. The van der Waals surface area contributed by atoms with Gasteiger partial charge in [0.1, 0.15) is 11.5 Å². The van der Waals surface area contributed by atoms with Crippen molar-refractivity contribution in [3.05, 3.63) is 77.9 Å². The van der Waals surface area contributed by atoms with E-state index in [1.165, 1.54) is 0 Å². The van der Waals surface area contributed by atoms with Gasteiger partial charge in [0, 0.05) is 18.2 Å². The molecule has 3 aromatic rings. The van der Waals surface area contributed by atoms with Crippen LogP contribution in [0.15, 0.2) is 66.7 Å². The molecule has 0 radical (unpaired) electrons. The Hall–Kier alpha value is -3.03. The Labute approximate surface area is 184 Å². The first-order valence-electron chi connectivity index (χ1n) is 9.91. The molecule has 164 valence electrons. The van der Waals surface area contributed by atoms with Gasteiger partial charge in [0.15, 0.2) is 0 Å². The van der Waals surface area contributed by atoms with E-state index in [2.05, 4.69) is 23.0 Å². The summed E-state index contributed by atoms with van der Waals surface area (Å²) in [6, 6.07) is 21.3. The van der Waals surface area contributed by atoms with Crippen molar-refractivity contribution in [2.75, 3.05) is 25.2 Å². The summed E-state index contributed by atoms with van der Waals surface area (Å²) in [5, 5.41) is 3.52. The zero-order valence-corrected chi connectivity index (χ0v) is 19.0. The first-order valence-corrected chi connectivity index (χ1v) is 11.8. The third kappa shape index (κ3) is 6.23. The first-order chi connectivity index (χ1) is 14.8. The maximum Gasteiger partial charge on any atom is 0.229 e. The number of anilines is 1. The summed E-state index contributed by atoms with van der Waals surface area (Å²) in [7, 11) is -0.135. The molecule has 6 nitrogen and oxygen atoms in total. The topological polar surface area (TPSA) is 76.7 Å². The minimum atomic E-state index is -3.40. The molecule has 0 amide bonds. The average Bonchev–Trinajstić information content (AvgIpc) is 2.77. The number of rotatable bonds is 9. The van der Waals surface area contributed by atoms with E-state index in [4.69, 9.17) is 9.47 Å². The number of hydrogen-bond donors (Lipinski definition) is 2. The van der Waals surface area contributed by atoms with E-state index in [0.717, 1.165) is 40.0 Å². The van der Waals surface area contributed by atoms with Crippen LogP contribution in [0, 0.1) is 0 Å². The summed E-state index contributed by atoms with van der Waals surface area (Å²) in [6.07, 6.45) is 1.15. The predicted molar refractivity (Wildman–Crippen MR) is 125 cm³/mol. The number of ether oxygens (including phenoxy) is 2. The highest BCUT2D eigenvalue weighted by atomic mass is 32.2. The lowest BCUT2D eigenvalue weighted by molar-refractivity contribution is 0.413. The largest absolute Gasteiger partial charge is 0.497 e. The number of benzene rings is 3. The zero-order valence-electron chi connectivity index (χ0n) is 18.2. The molecule has 7 heteroatoms. The molecule has 0 aromatic heterocycles. The van der Waals surface area contributed by atoms with Crippen molar-refractivity contribution >= 4 is 15.7 Å². The molecule has 1 atom stereocenters. The van der Waals surface area contributed by atoms with Gasteiger partial charge in [-0.25, -0.2) is 8.42 Å². The Kier molecular flexibility index (Phi) is 7.20. The number of methoxy groups -OCH3 is 2. The minimum Gasteiger partial charge on any atom is -0.497 e. The van der Waals surface area contributed by atoms with E-state index in [0.29, 0.717) is 12.2 Å². The highest BCUT2D eigenvalue weighted by Gasteiger charge is 2.12. The summed E-state index contributed by atoms with van der Waals surface area (Å²) in [5.74, 6) is 1.57. The van der Waals surface area contributed by atoms with Crippen LogP contribution in [-0.4, -0.2) is 28.9 Å². The average molecular weight is 441 g/mol. The molecule has 2 N–H and O–H groups in total. The van der Waals surface area contributed by atoms with Gasteiger partial charge >= 0.3 is 0 Å². The summed E-state index contributed by atoms with van der Waals surface area (Å²) in [6.45, 7) is 2.72. The van der Waals surface area contributed by atoms with Crippen LogP contribution in [0.25, 0.3) is 11.1 Å². The zero-order chi connectivity index (χ0) is 22.4. The number of hydrogen-bond acceptors (Lipinski definition) is 5. The van der Waals surface area contributed by atoms with Gasteiger partial charge in [-0.15, -0.1) is 0 Å². The Morgan fingerprint density at radius 2 is 1.61 bits per heavy atom. The van der Waals surface area contributed by atoms with Gasteiger partial charge in [0.2, 0.25) is 10.0 Å². The molecule has 0 heterocycles. The van der Waals surface area contributed by atoms with Gasteiger partial charge in [-0.2, -0.15) is 0 Å². The molecule has 0 saturated heterocycles. The van der Waals surface area contributed by atoms with Crippen LogP contribution < -0.4 is 19.5 Å². The molecule has 3 rings (SSSR count). The fourth-order valence-electron chi connectivity index (χ4n) is 3.30. The lowest BCUT2D eigenvalue weighted by Crippen LogP contribution is -2.18. The molecule has 0 aliphatic rings. The quantitative estimate of drug-likeness (QED) is 0.509. The van der Waals surface area contributed by atoms with Crippen LogP contribution in [0.1, 0.15) is 24.1 Å². The summed E-state index contributed by atoms with van der Waals surface area (Å²) in [5.41, 5.74) is 4.41. The van der Waals surface area contributed by atoms with E-state index in [9.17, 15) is 8.42 Å². The van der Waals surface area contributed by atoms with Crippen molar-refractivity contribution in [2.24, 2.45) is 0 Å². The SMILES string of the molecule is COc1ccc(-c2cc(CN[C@H](C)c3cccc(OC)c3)ccc2NS(C)(=O)=O)cc1. The number of sulfonamides is 1. The van der Waals surface area contributed by atoms with Gasteiger partial charge in [-0.3, -0.25) is 4.72 Å². The van der Waals surface area contributed by atoms with Crippen LogP contribution in [0.2, 0.25) is 0 Å². The Balaban J connectivity index is 1.85. The van der Waals surface area contributed by atoms with Crippen molar-refractivity contribution in [1.29, 1.82) is 0 Å². The summed E-state index contributed by atoms with van der Waals surface area (Å²) >= 11 is 0. The van der Waals surface area contributed by atoms with Crippen LogP contribution in [-0.2, 0) is 16.6 Å². The lowest BCUT2D eigenvalue weighted by Gasteiger charge is -2.17. The van der Waals surface area contributed by atoms with Crippen LogP contribution in [0.5, 0.6) is 11.5 Å². The predicted octanol–water partition coefficient (Wildman–Crippen LogP) is 4.59. The molecule has 0 fully saturated rings. The van der Waals surface area contributed by atoms with Gasteiger partial charge in [0.25, 0.3) is 0 Å². The third-order valence-corrected chi connectivity index (χ3v) is 5.58. The Bertz CT molecular complexity index is 1130. The van der Waals surface area contributed by atoms with E-state index in [1.54, 1.807) is 20.3 Å². The first kappa shape index (κ1) is 22.7. The van der Waals surface area contributed by atoms with Crippen molar-refractivity contribution in [3.63, 3.8) is 0 Å². The number of nitrogens with one attached hydrogen (secondary N) is 2. The second kappa shape index (κ2) is 9.85. The van der Waals surface area contributed by atoms with Gasteiger partial charge < -0.3 is 14.8 Å². The molecule has 0 aliphatic carbocycles. The Morgan fingerprint density at radius 1 is 0.903 bits per heavy atom. The van der Waals surface area contributed by atoms with Crippen molar-refractivity contribution < 1.29 is 17.9 Å². The van der Waals surface area contributed by atoms with Crippen molar-refractivity contribution in [3.8, 4) is 22.6 Å². The highest BCUT2D eigenvalue weighted by Crippen LogP contribution is 2.31. The third-order valence-electron chi connectivity index (χ3n) is 4.99.